The molecule has 2 atom stereocenters. The lowest BCUT2D eigenvalue weighted by molar-refractivity contribution is -0.134. The number of para-hydroxylation sites is 1. The van der Waals surface area contributed by atoms with Crippen molar-refractivity contribution in [2.45, 2.75) is 38.9 Å². The van der Waals surface area contributed by atoms with Crippen molar-refractivity contribution < 1.29 is 9.59 Å². The van der Waals surface area contributed by atoms with E-state index in [1.165, 1.54) is 6.92 Å². The highest BCUT2D eigenvalue weighted by Crippen LogP contribution is 2.28. The molecule has 6 heteroatoms. The number of hydrogen-bond acceptors (Lipinski definition) is 3. The number of halogens is 1. The number of rotatable bonds is 4. The summed E-state index contributed by atoms with van der Waals surface area (Å²) in [5.41, 5.74) is 3.15. The van der Waals surface area contributed by atoms with E-state index in [1.54, 1.807) is 12.1 Å². The van der Waals surface area contributed by atoms with Gasteiger partial charge in [-0.05, 0) is 36.2 Å². The van der Waals surface area contributed by atoms with Crippen LogP contribution in [0.15, 0.2) is 48.5 Å². The van der Waals surface area contributed by atoms with E-state index in [-0.39, 0.29) is 30.3 Å². The van der Waals surface area contributed by atoms with Crippen LogP contribution in [0.3, 0.4) is 0 Å². The summed E-state index contributed by atoms with van der Waals surface area (Å²) < 4.78 is 0. The van der Waals surface area contributed by atoms with Gasteiger partial charge in [-0.25, -0.2) is 0 Å². The average molecular weight is 400 g/mol. The molecule has 0 aliphatic carbocycles. The quantitative estimate of drug-likeness (QED) is 0.851. The molecule has 0 saturated carbocycles. The molecule has 5 nitrogen and oxygen atoms in total. The van der Waals surface area contributed by atoms with E-state index >= 15 is 0 Å². The number of anilines is 1. The molecule has 2 aromatic rings. The lowest BCUT2D eigenvalue weighted by atomic mass is 10.0. The smallest absolute Gasteiger partial charge is 0.225 e. The van der Waals surface area contributed by atoms with Gasteiger partial charge >= 0.3 is 0 Å². The van der Waals surface area contributed by atoms with Crippen LogP contribution in [0, 0.1) is 0 Å². The maximum atomic E-state index is 13.2. The first-order valence-corrected chi connectivity index (χ1v) is 9.84. The lowest BCUT2D eigenvalue weighted by Gasteiger charge is -2.30. The molecular weight excluding hydrogens is 374 g/mol. The summed E-state index contributed by atoms with van der Waals surface area (Å²) in [6.45, 7) is 4.85. The van der Waals surface area contributed by atoms with Crippen molar-refractivity contribution in [1.29, 1.82) is 0 Å². The number of carbonyl (C=O) groups excluding carboxylic acids is 2. The van der Waals surface area contributed by atoms with Gasteiger partial charge < -0.3 is 15.1 Å². The van der Waals surface area contributed by atoms with Crippen molar-refractivity contribution in [3.8, 4) is 0 Å². The number of amides is 2. The number of nitrogens with zero attached hydrogens (tertiary/aromatic N) is 2. The molecule has 0 radical (unpaired) electrons. The van der Waals surface area contributed by atoms with Crippen molar-refractivity contribution in [2.24, 2.45) is 0 Å². The zero-order valence-electron chi connectivity index (χ0n) is 16.5. The predicted molar refractivity (Wildman–Crippen MR) is 112 cm³/mol. The summed E-state index contributed by atoms with van der Waals surface area (Å²) >= 11 is 5.98. The zero-order chi connectivity index (χ0) is 20.3. The standard InChI is InChI=1S/C22H26ClN3O2/c1-15-13-25(3)21-7-5-4-6-18(21)14-26(15)22(28)12-20(24-16(2)27)17-8-10-19(23)11-9-17/h4-11,15,20H,12-14H2,1-3H3,(H,24,27)/t15-,20?/m0/s1. The summed E-state index contributed by atoms with van der Waals surface area (Å²) in [5.74, 6) is -0.145. The molecule has 1 N–H and O–H groups in total. The Morgan fingerprint density at radius 2 is 1.86 bits per heavy atom. The van der Waals surface area contributed by atoms with Gasteiger partial charge in [0.05, 0.1) is 12.5 Å². The largest absolute Gasteiger partial charge is 0.372 e. The Balaban J connectivity index is 1.82. The molecule has 0 saturated heterocycles. The molecular formula is C22H26ClN3O2. The number of benzene rings is 2. The first-order chi connectivity index (χ1) is 13.3. The summed E-state index contributed by atoms with van der Waals surface area (Å²) in [6, 6.07) is 15.1. The Morgan fingerprint density at radius 1 is 1.18 bits per heavy atom. The second-order valence-electron chi connectivity index (χ2n) is 7.39. The normalized spacial score (nSPS) is 17.5. The number of carbonyl (C=O) groups is 2. The minimum Gasteiger partial charge on any atom is -0.372 e. The van der Waals surface area contributed by atoms with Crippen LogP contribution in [-0.2, 0) is 16.1 Å². The summed E-state index contributed by atoms with van der Waals surface area (Å²) in [5, 5.41) is 3.53. The molecule has 28 heavy (non-hydrogen) atoms. The first-order valence-electron chi connectivity index (χ1n) is 9.46. The number of likely N-dealkylation sites (N-methyl/N-ethyl adjacent to an activating group) is 1. The highest BCUT2D eigenvalue weighted by atomic mass is 35.5. The van der Waals surface area contributed by atoms with Gasteiger partial charge in [-0.1, -0.05) is 41.9 Å². The van der Waals surface area contributed by atoms with E-state index in [4.69, 9.17) is 11.6 Å². The van der Waals surface area contributed by atoms with Crippen molar-refractivity contribution in [1.82, 2.24) is 10.2 Å². The van der Waals surface area contributed by atoms with Gasteiger partial charge in [0.1, 0.15) is 0 Å². The van der Waals surface area contributed by atoms with Crippen molar-refractivity contribution in [3.63, 3.8) is 0 Å². The van der Waals surface area contributed by atoms with E-state index in [9.17, 15) is 9.59 Å². The van der Waals surface area contributed by atoms with Gasteiger partial charge in [0.15, 0.2) is 0 Å². The fourth-order valence-corrected chi connectivity index (χ4v) is 3.89. The molecule has 0 fully saturated rings. The summed E-state index contributed by atoms with van der Waals surface area (Å²) in [4.78, 5) is 29.1. The molecule has 148 valence electrons. The molecule has 0 bridgehead atoms. The highest BCUT2D eigenvalue weighted by Gasteiger charge is 2.29. The molecule has 1 aliphatic rings. The summed E-state index contributed by atoms with van der Waals surface area (Å²) in [7, 11) is 2.05. The third kappa shape index (κ3) is 4.65. The molecule has 1 unspecified atom stereocenters. The van der Waals surface area contributed by atoms with Crippen LogP contribution >= 0.6 is 11.6 Å². The topological polar surface area (TPSA) is 52.7 Å². The molecule has 1 aliphatic heterocycles. The molecule has 1 heterocycles. The molecule has 0 spiro atoms. The minimum absolute atomic E-state index is 0.0197. The van der Waals surface area contributed by atoms with E-state index in [0.717, 1.165) is 23.4 Å². The Kier molecular flexibility index (Phi) is 6.25. The van der Waals surface area contributed by atoms with Crippen LogP contribution in [0.1, 0.15) is 37.4 Å². The second kappa shape index (κ2) is 8.65. The number of nitrogens with one attached hydrogen (secondary N) is 1. The van der Waals surface area contributed by atoms with Crippen LogP contribution in [0.2, 0.25) is 5.02 Å². The van der Waals surface area contributed by atoms with Crippen molar-refractivity contribution >= 4 is 29.1 Å². The van der Waals surface area contributed by atoms with Gasteiger partial charge in [0.25, 0.3) is 0 Å². The van der Waals surface area contributed by atoms with Crippen LogP contribution in [0.5, 0.6) is 0 Å². The minimum atomic E-state index is -0.384. The third-order valence-corrected chi connectivity index (χ3v) is 5.41. The monoisotopic (exact) mass is 399 g/mol. The lowest BCUT2D eigenvalue weighted by Crippen LogP contribution is -2.43. The Morgan fingerprint density at radius 3 is 2.54 bits per heavy atom. The third-order valence-electron chi connectivity index (χ3n) is 5.16. The van der Waals surface area contributed by atoms with E-state index in [1.807, 2.05) is 29.2 Å². The predicted octanol–water partition coefficient (Wildman–Crippen LogP) is 3.77. The van der Waals surface area contributed by atoms with Gasteiger partial charge in [0.2, 0.25) is 11.8 Å². The second-order valence-corrected chi connectivity index (χ2v) is 7.83. The highest BCUT2D eigenvalue weighted by molar-refractivity contribution is 6.30. The number of hydrogen-bond donors (Lipinski definition) is 1. The van der Waals surface area contributed by atoms with Gasteiger partial charge in [-0.2, -0.15) is 0 Å². The maximum absolute atomic E-state index is 13.2. The molecule has 3 rings (SSSR count). The van der Waals surface area contributed by atoms with Crippen LogP contribution in [0.4, 0.5) is 5.69 Å². The molecule has 2 amide bonds. The van der Waals surface area contributed by atoms with Crippen molar-refractivity contribution in [3.05, 3.63) is 64.7 Å². The zero-order valence-corrected chi connectivity index (χ0v) is 17.2. The van der Waals surface area contributed by atoms with Gasteiger partial charge in [-0.15, -0.1) is 0 Å². The van der Waals surface area contributed by atoms with Crippen LogP contribution < -0.4 is 10.2 Å². The van der Waals surface area contributed by atoms with Crippen LogP contribution in [-0.4, -0.2) is 36.3 Å². The Hall–Kier alpha value is -2.53. The number of fused-ring (bicyclic) bond motifs is 1. The molecule has 2 aromatic carbocycles. The fourth-order valence-electron chi connectivity index (χ4n) is 3.77. The fraction of sp³-hybridized carbons (Fsp3) is 0.364. The summed E-state index contributed by atoms with van der Waals surface area (Å²) in [6.07, 6.45) is 0.206. The average Bonchev–Trinajstić information content (AvgIpc) is 2.78. The van der Waals surface area contributed by atoms with E-state index in [2.05, 4.69) is 36.3 Å². The van der Waals surface area contributed by atoms with E-state index in [0.29, 0.717) is 11.6 Å². The molecule has 0 aromatic heterocycles. The maximum Gasteiger partial charge on any atom is 0.225 e. The van der Waals surface area contributed by atoms with E-state index < -0.39 is 0 Å². The first kappa shape index (κ1) is 20.2. The SMILES string of the molecule is CC(=O)NC(CC(=O)N1Cc2ccccc2N(C)C[C@@H]1C)c1ccc(Cl)cc1. The van der Waals surface area contributed by atoms with Crippen molar-refractivity contribution in [2.75, 3.05) is 18.5 Å². The Bertz CT molecular complexity index is 853. The van der Waals surface area contributed by atoms with Gasteiger partial charge in [0, 0.05) is 43.8 Å². The van der Waals surface area contributed by atoms with Gasteiger partial charge in [-0.3, -0.25) is 9.59 Å². The Labute approximate surface area is 171 Å². The van der Waals surface area contributed by atoms with Crippen LogP contribution in [0.25, 0.3) is 0 Å².